The van der Waals surface area contributed by atoms with Crippen LogP contribution in [-0.2, 0) is 0 Å². The van der Waals surface area contributed by atoms with E-state index in [1.807, 2.05) is 11.0 Å². The monoisotopic (exact) mass is 382 g/mol. The molecule has 2 aromatic heterocycles. The maximum atomic E-state index is 13.9. The second-order valence-electron chi connectivity index (χ2n) is 7.38. The van der Waals surface area contributed by atoms with Crippen LogP contribution >= 0.6 is 0 Å². The molecule has 1 amide bonds. The number of halogens is 1. The normalized spacial score (nSPS) is 24.0. The van der Waals surface area contributed by atoms with E-state index in [2.05, 4.69) is 15.0 Å². The van der Waals surface area contributed by atoms with Gasteiger partial charge in [0.25, 0.3) is 11.9 Å². The molecule has 0 saturated carbocycles. The molecule has 2 aliphatic heterocycles. The summed E-state index contributed by atoms with van der Waals surface area (Å²) in [4.78, 5) is 21.3. The van der Waals surface area contributed by atoms with Gasteiger partial charge in [-0.25, -0.2) is 4.39 Å². The first-order valence-electron chi connectivity index (χ1n) is 9.25. The van der Waals surface area contributed by atoms with Crippen LogP contribution in [0.4, 0.5) is 10.3 Å². The van der Waals surface area contributed by atoms with Crippen LogP contribution in [-0.4, -0.2) is 40.6 Å². The van der Waals surface area contributed by atoms with Crippen LogP contribution in [0.15, 0.2) is 51.6 Å². The van der Waals surface area contributed by atoms with Crippen molar-refractivity contribution in [3.8, 4) is 0 Å². The number of benzene rings is 1. The van der Waals surface area contributed by atoms with Gasteiger partial charge in [0.2, 0.25) is 5.89 Å². The third-order valence-electron chi connectivity index (χ3n) is 5.65. The Kier molecular flexibility index (Phi) is 3.92. The smallest absolute Gasteiger partial charge is 0.290 e. The lowest BCUT2D eigenvalue weighted by molar-refractivity contribution is 0.0683. The molecule has 0 unspecified atom stereocenters. The quantitative estimate of drug-likeness (QED) is 0.693. The number of rotatable bonds is 3. The van der Waals surface area contributed by atoms with Gasteiger partial charge in [0.15, 0.2) is 5.76 Å². The zero-order valence-electron chi connectivity index (χ0n) is 15.3. The van der Waals surface area contributed by atoms with Crippen molar-refractivity contribution in [3.63, 3.8) is 0 Å². The number of aromatic nitrogens is 2. The molecule has 5 rings (SSSR count). The summed E-state index contributed by atoms with van der Waals surface area (Å²) in [5.74, 6) is 1.26. The average Bonchev–Trinajstić information content (AvgIpc) is 3.44. The number of nitrogens with zero attached hydrogens (tertiary/aromatic N) is 4. The largest absolute Gasteiger partial charge is 0.459 e. The number of anilines is 1. The van der Waals surface area contributed by atoms with Gasteiger partial charge >= 0.3 is 0 Å². The summed E-state index contributed by atoms with van der Waals surface area (Å²) < 4.78 is 24.4. The number of furan rings is 1. The highest BCUT2D eigenvalue weighted by Gasteiger charge is 2.50. The molecule has 1 aromatic carbocycles. The molecule has 8 heteroatoms. The van der Waals surface area contributed by atoms with E-state index < -0.39 is 0 Å². The number of likely N-dealkylation sites (tertiary alicyclic amines) is 1. The van der Waals surface area contributed by atoms with E-state index in [1.54, 1.807) is 25.1 Å². The predicted molar refractivity (Wildman–Crippen MR) is 97.1 cm³/mol. The zero-order chi connectivity index (χ0) is 19.3. The Labute approximate surface area is 160 Å². The summed E-state index contributed by atoms with van der Waals surface area (Å²) >= 11 is 0. The van der Waals surface area contributed by atoms with Gasteiger partial charge < -0.3 is 18.7 Å². The van der Waals surface area contributed by atoms with E-state index in [1.165, 1.54) is 18.4 Å². The van der Waals surface area contributed by atoms with E-state index in [0.717, 1.165) is 12.1 Å². The average molecular weight is 382 g/mol. The van der Waals surface area contributed by atoms with Crippen molar-refractivity contribution in [3.05, 3.63) is 65.7 Å². The fraction of sp³-hybridized carbons (Fsp3) is 0.350. The van der Waals surface area contributed by atoms with E-state index in [9.17, 15) is 9.18 Å². The SMILES string of the molecule is Cc1nc(N2C[C@H]3CN(C(=O)c4ccco4)[C@@H](c4cccc(F)c4)[C@H]3C2)no1. The van der Waals surface area contributed by atoms with E-state index in [4.69, 9.17) is 8.94 Å². The van der Waals surface area contributed by atoms with Gasteiger partial charge in [-0.05, 0) is 35.0 Å². The Bertz CT molecular complexity index is 1000. The van der Waals surface area contributed by atoms with Crippen molar-refractivity contribution in [1.82, 2.24) is 15.0 Å². The highest BCUT2D eigenvalue weighted by Crippen LogP contribution is 2.46. The van der Waals surface area contributed by atoms with Crippen LogP contribution in [0, 0.1) is 24.6 Å². The lowest BCUT2D eigenvalue weighted by Crippen LogP contribution is -2.35. The second-order valence-corrected chi connectivity index (χ2v) is 7.38. The fourth-order valence-corrected chi connectivity index (χ4v) is 4.49. The molecule has 3 aromatic rings. The summed E-state index contributed by atoms with van der Waals surface area (Å²) in [6.45, 7) is 3.72. The van der Waals surface area contributed by atoms with Crippen LogP contribution in [0.25, 0.3) is 0 Å². The zero-order valence-corrected chi connectivity index (χ0v) is 15.3. The van der Waals surface area contributed by atoms with Gasteiger partial charge in [0.05, 0.1) is 12.3 Å². The van der Waals surface area contributed by atoms with Crippen molar-refractivity contribution >= 4 is 11.9 Å². The van der Waals surface area contributed by atoms with Gasteiger partial charge in [0, 0.05) is 38.4 Å². The minimum absolute atomic E-state index is 0.138. The summed E-state index contributed by atoms with van der Waals surface area (Å²) in [7, 11) is 0. The van der Waals surface area contributed by atoms with Crippen molar-refractivity contribution in [2.45, 2.75) is 13.0 Å². The molecule has 144 valence electrons. The summed E-state index contributed by atoms with van der Waals surface area (Å²) in [6.07, 6.45) is 1.49. The Morgan fingerprint density at radius 2 is 2.11 bits per heavy atom. The van der Waals surface area contributed by atoms with Crippen LogP contribution in [0.2, 0.25) is 0 Å². The van der Waals surface area contributed by atoms with Gasteiger partial charge in [-0.2, -0.15) is 4.98 Å². The molecule has 4 heterocycles. The number of hydrogen-bond acceptors (Lipinski definition) is 6. The lowest BCUT2D eigenvalue weighted by atomic mass is 9.89. The van der Waals surface area contributed by atoms with Gasteiger partial charge in [-0.1, -0.05) is 12.1 Å². The van der Waals surface area contributed by atoms with Crippen molar-refractivity contribution < 1.29 is 18.1 Å². The highest BCUT2D eigenvalue weighted by atomic mass is 19.1. The molecular formula is C20H19FN4O3. The topological polar surface area (TPSA) is 75.6 Å². The van der Waals surface area contributed by atoms with E-state index >= 15 is 0 Å². The Morgan fingerprint density at radius 3 is 2.82 bits per heavy atom. The fourth-order valence-electron chi connectivity index (χ4n) is 4.49. The molecule has 0 spiro atoms. The molecular weight excluding hydrogens is 363 g/mol. The number of amides is 1. The third kappa shape index (κ3) is 2.76. The number of carbonyl (C=O) groups is 1. The minimum Gasteiger partial charge on any atom is -0.459 e. The number of aryl methyl sites for hydroxylation is 1. The summed E-state index contributed by atoms with van der Waals surface area (Å²) in [6, 6.07) is 9.60. The maximum Gasteiger partial charge on any atom is 0.290 e. The first-order chi connectivity index (χ1) is 13.6. The van der Waals surface area contributed by atoms with Crippen LogP contribution in [0.3, 0.4) is 0 Å². The van der Waals surface area contributed by atoms with Crippen LogP contribution in [0.1, 0.15) is 28.1 Å². The Morgan fingerprint density at radius 1 is 1.21 bits per heavy atom. The second kappa shape index (κ2) is 6.47. The van der Waals surface area contributed by atoms with E-state index in [-0.39, 0.29) is 29.6 Å². The van der Waals surface area contributed by atoms with Crippen LogP contribution in [0.5, 0.6) is 0 Å². The number of fused-ring (bicyclic) bond motifs is 1. The van der Waals surface area contributed by atoms with Gasteiger partial charge in [-0.15, -0.1) is 0 Å². The van der Waals surface area contributed by atoms with Crippen molar-refractivity contribution in [2.24, 2.45) is 11.8 Å². The molecule has 28 heavy (non-hydrogen) atoms. The summed E-state index contributed by atoms with van der Waals surface area (Å²) in [5.41, 5.74) is 0.790. The molecule has 2 aliphatic rings. The first kappa shape index (κ1) is 17.0. The third-order valence-corrected chi connectivity index (χ3v) is 5.65. The Hall–Kier alpha value is -3.16. The van der Waals surface area contributed by atoms with Crippen molar-refractivity contribution in [1.29, 1.82) is 0 Å². The maximum absolute atomic E-state index is 13.9. The lowest BCUT2D eigenvalue weighted by Gasteiger charge is -2.29. The number of hydrogen-bond donors (Lipinski definition) is 0. The van der Waals surface area contributed by atoms with Gasteiger partial charge in [0.1, 0.15) is 5.82 Å². The molecule has 0 bridgehead atoms. The Balaban J connectivity index is 1.48. The van der Waals surface area contributed by atoms with Gasteiger partial charge in [-0.3, -0.25) is 4.79 Å². The first-order valence-corrected chi connectivity index (χ1v) is 9.25. The van der Waals surface area contributed by atoms with Crippen molar-refractivity contribution in [2.75, 3.05) is 24.5 Å². The van der Waals surface area contributed by atoms with E-state index in [0.29, 0.717) is 30.7 Å². The highest BCUT2D eigenvalue weighted by molar-refractivity contribution is 5.92. The molecule has 2 saturated heterocycles. The minimum atomic E-state index is -0.310. The number of carbonyl (C=O) groups excluding carboxylic acids is 1. The van der Waals surface area contributed by atoms with Crippen LogP contribution < -0.4 is 4.90 Å². The molecule has 0 N–H and O–H groups in total. The molecule has 2 fully saturated rings. The standard InChI is InChI=1S/C20H19FN4O3/c1-12-22-20(23-28-12)24-9-14-10-25(19(26)17-6-3-7-27-17)18(16(14)11-24)13-4-2-5-15(21)8-13/h2-8,14,16,18H,9-11H2,1H3/t14-,16-,18-/m0/s1. The summed E-state index contributed by atoms with van der Waals surface area (Å²) in [5, 5.41) is 4.02. The molecule has 0 radical (unpaired) electrons. The predicted octanol–water partition coefficient (Wildman–Crippen LogP) is 3.06. The molecule has 3 atom stereocenters. The molecule has 7 nitrogen and oxygen atoms in total. The molecule has 0 aliphatic carbocycles.